The molecule has 20 heavy (non-hydrogen) atoms. The molecule has 0 saturated heterocycles. The molecule has 0 aromatic heterocycles. The van der Waals surface area contributed by atoms with Crippen molar-refractivity contribution in [1.29, 1.82) is 0 Å². The molecular weight excluding hydrogens is 248 g/mol. The number of nitrogens with two attached hydrogens (primary N) is 2. The van der Waals surface area contributed by atoms with Gasteiger partial charge < -0.3 is 22.1 Å². The van der Waals surface area contributed by atoms with Crippen LogP contribution in [-0.4, -0.2) is 13.1 Å². The fourth-order valence-corrected chi connectivity index (χ4v) is 2.08. The Labute approximate surface area is 120 Å². The molecule has 0 radical (unpaired) electrons. The van der Waals surface area contributed by atoms with Gasteiger partial charge in [0.1, 0.15) is 0 Å². The summed E-state index contributed by atoms with van der Waals surface area (Å²) >= 11 is 0. The van der Waals surface area contributed by atoms with E-state index in [1.54, 1.807) is 0 Å². The third kappa shape index (κ3) is 3.57. The fraction of sp³-hybridized carbons (Fsp3) is 0.250. The molecule has 4 nitrogen and oxygen atoms in total. The van der Waals surface area contributed by atoms with E-state index in [-0.39, 0.29) is 0 Å². The van der Waals surface area contributed by atoms with E-state index in [2.05, 4.69) is 10.6 Å². The number of hydrogen-bond donors (Lipinski definition) is 4. The van der Waals surface area contributed by atoms with Gasteiger partial charge >= 0.3 is 0 Å². The maximum absolute atomic E-state index is 5.95. The molecule has 0 aliphatic rings. The Balaban J connectivity index is 1.84. The van der Waals surface area contributed by atoms with Gasteiger partial charge in [0.25, 0.3) is 0 Å². The number of nitrogen functional groups attached to an aromatic ring is 2. The Kier molecular flexibility index (Phi) is 4.35. The molecule has 0 heterocycles. The van der Waals surface area contributed by atoms with Crippen molar-refractivity contribution < 1.29 is 0 Å². The molecule has 106 valence electrons. The van der Waals surface area contributed by atoms with E-state index in [4.69, 9.17) is 11.5 Å². The lowest BCUT2D eigenvalue weighted by Gasteiger charge is -2.12. The van der Waals surface area contributed by atoms with Gasteiger partial charge in [0.05, 0.1) is 22.7 Å². The summed E-state index contributed by atoms with van der Waals surface area (Å²) in [5.41, 5.74) is 17.7. The molecule has 0 bridgehead atoms. The first-order valence-corrected chi connectivity index (χ1v) is 6.76. The van der Waals surface area contributed by atoms with E-state index >= 15 is 0 Å². The second-order valence-electron chi connectivity index (χ2n) is 5.03. The van der Waals surface area contributed by atoms with Gasteiger partial charge in [0.2, 0.25) is 0 Å². The minimum absolute atomic E-state index is 0.778. The number of hydrogen-bond acceptors (Lipinski definition) is 4. The number of anilines is 4. The summed E-state index contributed by atoms with van der Waals surface area (Å²) < 4.78 is 0. The first kappa shape index (κ1) is 14.1. The summed E-state index contributed by atoms with van der Waals surface area (Å²) in [5, 5.41) is 6.63. The van der Waals surface area contributed by atoms with E-state index in [0.717, 1.165) is 35.8 Å². The van der Waals surface area contributed by atoms with Crippen molar-refractivity contribution in [2.45, 2.75) is 13.8 Å². The third-order valence-corrected chi connectivity index (χ3v) is 3.17. The van der Waals surface area contributed by atoms with Gasteiger partial charge in [0, 0.05) is 13.1 Å². The van der Waals surface area contributed by atoms with Crippen molar-refractivity contribution in [3.8, 4) is 0 Å². The minimum atomic E-state index is 0.778. The summed E-state index contributed by atoms with van der Waals surface area (Å²) in [6.45, 7) is 5.62. The Bertz CT molecular complexity index is 540. The first-order valence-electron chi connectivity index (χ1n) is 6.76. The molecule has 0 atom stereocenters. The van der Waals surface area contributed by atoms with Gasteiger partial charge in [-0.3, -0.25) is 0 Å². The third-order valence-electron chi connectivity index (χ3n) is 3.17. The predicted octanol–water partition coefficient (Wildman–Crippen LogP) is 2.99. The normalized spacial score (nSPS) is 10.3. The molecule has 2 aromatic carbocycles. The lowest BCUT2D eigenvalue weighted by Crippen LogP contribution is -2.15. The van der Waals surface area contributed by atoms with Crippen molar-refractivity contribution in [3.63, 3.8) is 0 Å². The monoisotopic (exact) mass is 270 g/mol. The van der Waals surface area contributed by atoms with Crippen molar-refractivity contribution >= 4 is 22.7 Å². The van der Waals surface area contributed by atoms with Crippen LogP contribution in [0.15, 0.2) is 36.4 Å². The standard InChI is InChI=1S/C16H22N4/c1-11-3-5-15(13(17)9-11)19-7-8-20-16-6-4-12(2)10-14(16)18/h3-6,9-10,19-20H,7-8,17-18H2,1-2H3. The van der Waals surface area contributed by atoms with Crippen LogP contribution >= 0.6 is 0 Å². The smallest absolute Gasteiger partial charge is 0.0574 e. The zero-order valence-electron chi connectivity index (χ0n) is 12.0. The Hall–Kier alpha value is -2.36. The summed E-state index contributed by atoms with van der Waals surface area (Å²) in [5.74, 6) is 0. The number of nitrogens with one attached hydrogen (secondary N) is 2. The summed E-state index contributed by atoms with van der Waals surface area (Å²) in [6.07, 6.45) is 0. The molecular formula is C16H22N4. The SMILES string of the molecule is Cc1ccc(NCCNc2ccc(C)cc2N)c(N)c1. The highest BCUT2D eigenvalue weighted by Crippen LogP contribution is 2.20. The average Bonchev–Trinajstić information content (AvgIpc) is 2.39. The molecule has 0 saturated carbocycles. The molecule has 2 rings (SSSR count). The van der Waals surface area contributed by atoms with Gasteiger partial charge in [-0.15, -0.1) is 0 Å². The Morgan fingerprint density at radius 1 is 0.750 bits per heavy atom. The largest absolute Gasteiger partial charge is 0.397 e. The second-order valence-corrected chi connectivity index (χ2v) is 5.03. The molecule has 0 unspecified atom stereocenters. The number of benzene rings is 2. The van der Waals surface area contributed by atoms with Crippen LogP contribution in [0.25, 0.3) is 0 Å². The van der Waals surface area contributed by atoms with Crippen LogP contribution in [-0.2, 0) is 0 Å². The zero-order chi connectivity index (χ0) is 14.5. The molecule has 0 spiro atoms. The van der Waals surface area contributed by atoms with Gasteiger partial charge in [-0.25, -0.2) is 0 Å². The van der Waals surface area contributed by atoms with E-state index in [1.165, 1.54) is 11.1 Å². The average molecular weight is 270 g/mol. The Morgan fingerprint density at radius 3 is 1.50 bits per heavy atom. The maximum Gasteiger partial charge on any atom is 0.0574 e. The van der Waals surface area contributed by atoms with Crippen LogP contribution in [0.5, 0.6) is 0 Å². The second kappa shape index (κ2) is 6.19. The summed E-state index contributed by atoms with van der Waals surface area (Å²) in [7, 11) is 0. The maximum atomic E-state index is 5.95. The van der Waals surface area contributed by atoms with E-state index < -0.39 is 0 Å². The van der Waals surface area contributed by atoms with Crippen molar-refractivity contribution in [3.05, 3.63) is 47.5 Å². The quantitative estimate of drug-likeness (QED) is 0.497. The topological polar surface area (TPSA) is 76.1 Å². The van der Waals surface area contributed by atoms with Crippen molar-refractivity contribution in [2.24, 2.45) is 0 Å². The van der Waals surface area contributed by atoms with Gasteiger partial charge in [0.15, 0.2) is 0 Å². The van der Waals surface area contributed by atoms with E-state index in [0.29, 0.717) is 0 Å². The van der Waals surface area contributed by atoms with E-state index in [1.807, 2.05) is 50.2 Å². The predicted molar refractivity (Wildman–Crippen MR) is 88.2 cm³/mol. The molecule has 0 aliphatic carbocycles. The van der Waals surface area contributed by atoms with Gasteiger partial charge in [-0.1, -0.05) is 12.1 Å². The number of rotatable bonds is 5. The van der Waals surface area contributed by atoms with Gasteiger partial charge in [-0.05, 0) is 49.2 Å². The molecule has 0 fully saturated rings. The highest BCUT2D eigenvalue weighted by Gasteiger charge is 2.00. The van der Waals surface area contributed by atoms with Crippen LogP contribution in [0.3, 0.4) is 0 Å². The van der Waals surface area contributed by atoms with Crippen LogP contribution in [0.4, 0.5) is 22.7 Å². The Morgan fingerprint density at radius 2 is 1.15 bits per heavy atom. The molecule has 2 aromatic rings. The van der Waals surface area contributed by atoms with Crippen LogP contribution in [0.2, 0.25) is 0 Å². The summed E-state index contributed by atoms with van der Waals surface area (Å²) in [6, 6.07) is 12.0. The van der Waals surface area contributed by atoms with Crippen LogP contribution in [0, 0.1) is 13.8 Å². The molecule has 6 N–H and O–H groups in total. The first-order chi connectivity index (χ1) is 9.56. The molecule has 4 heteroatoms. The van der Waals surface area contributed by atoms with Crippen molar-refractivity contribution in [2.75, 3.05) is 35.2 Å². The van der Waals surface area contributed by atoms with Crippen molar-refractivity contribution in [1.82, 2.24) is 0 Å². The van der Waals surface area contributed by atoms with E-state index in [9.17, 15) is 0 Å². The van der Waals surface area contributed by atoms with Crippen LogP contribution < -0.4 is 22.1 Å². The lowest BCUT2D eigenvalue weighted by molar-refractivity contribution is 1.08. The molecule has 0 amide bonds. The highest BCUT2D eigenvalue weighted by molar-refractivity contribution is 5.68. The van der Waals surface area contributed by atoms with Gasteiger partial charge in [-0.2, -0.15) is 0 Å². The highest BCUT2D eigenvalue weighted by atomic mass is 15.0. The minimum Gasteiger partial charge on any atom is -0.397 e. The summed E-state index contributed by atoms with van der Waals surface area (Å²) in [4.78, 5) is 0. The molecule has 0 aliphatic heterocycles. The van der Waals surface area contributed by atoms with Crippen LogP contribution in [0.1, 0.15) is 11.1 Å². The number of aryl methyl sites for hydroxylation is 2. The lowest BCUT2D eigenvalue weighted by atomic mass is 10.2. The zero-order valence-corrected chi connectivity index (χ0v) is 12.0. The fourth-order valence-electron chi connectivity index (χ4n) is 2.08.